The van der Waals surface area contributed by atoms with Gasteiger partial charge in [0, 0.05) is 23.5 Å². The fraction of sp³-hybridized carbons (Fsp3) is 0.409. The summed E-state index contributed by atoms with van der Waals surface area (Å²) >= 11 is 12.9. The Morgan fingerprint density at radius 3 is 2.51 bits per heavy atom. The number of nitrogens with one attached hydrogen (secondary N) is 1. The van der Waals surface area contributed by atoms with Crippen molar-refractivity contribution in [2.45, 2.75) is 43.0 Å². The van der Waals surface area contributed by atoms with Crippen LogP contribution >= 0.6 is 34.5 Å². The summed E-state index contributed by atoms with van der Waals surface area (Å²) in [5, 5.41) is 8.49. The Bertz CT molecular complexity index is 1260. The number of hydrogen-bond acceptors (Lipinski definition) is 7. The number of sulfonamides is 1. The maximum Gasteiger partial charge on any atom is 0.256 e. The normalized spacial score (nSPS) is 18.1. The maximum atomic E-state index is 13.4. The van der Waals surface area contributed by atoms with Crippen molar-refractivity contribution in [1.29, 1.82) is 0 Å². The van der Waals surface area contributed by atoms with Crippen LogP contribution in [0.15, 0.2) is 28.5 Å². The van der Waals surface area contributed by atoms with Crippen molar-refractivity contribution in [2.24, 2.45) is 11.1 Å². The van der Waals surface area contributed by atoms with Gasteiger partial charge in [0.25, 0.3) is 5.91 Å². The summed E-state index contributed by atoms with van der Waals surface area (Å²) in [4.78, 5) is 40.3. The Morgan fingerprint density at radius 2 is 1.94 bits per heavy atom. The molecule has 1 saturated heterocycles. The standard InChI is InChI=1S/C22H25Cl2N3O6S2/c1-11(2)20(29)17-7-13(26-19(28)6-12-4-5-14(33-3)8-16(12)23)10-27(17)21(30)15-9-18(24)34-22(15)35(25,31)32/h4-5,8-9,11,13,17H,6-7,10H2,1-3H3,(H,26,28)(H2,25,31,32)/t13-,17-/m1/s1. The first-order valence-electron chi connectivity index (χ1n) is 10.6. The van der Waals surface area contributed by atoms with Crippen molar-refractivity contribution in [1.82, 2.24) is 10.2 Å². The number of nitrogens with zero attached hydrogens (tertiary/aromatic N) is 1. The monoisotopic (exact) mass is 561 g/mol. The van der Waals surface area contributed by atoms with E-state index in [1.54, 1.807) is 32.0 Å². The number of hydrogen-bond donors (Lipinski definition) is 2. The average molecular weight is 562 g/mol. The van der Waals surface area contributed by atoms with Crippen LogP contribution in [0.1, 0.15) is 36.2 Å². The number of nitrogens with two attached hydrogens (primary N) is 1. The van der Waals surface area contributed by atoms with E-state index >= 15 is 0 Å². The Hall–Kier alpha value is -2.18. The first kappa shape index (κ1) is 27.4. The SMILES string of the molecule is COc1ccc(CC(=O)N[C@@H]2C[C@H](C(=O)C(C)C)N(C(=O)c3cc(Cl)sc3S(N)(=O)=O)C2)c(Cl)c1. The molecule has 2 aromatic rings. The topological polar surface area (TPSA) is 136 Å². The number of Topliss-reactive ketones (excluding diaryl/α,β-unsaturated/α-hetero) is 1. The molecule has 3 rings (SSSR count). The van der Waals surface area contributed by atoms with Crippen molar-refractivity contribution < 1.29 is 27.5 Å². The van der Waals surface area contributed by atoms with Gasteiger partial charge in [-0.2, -0.15) is 0 Å². The van der Waals surface area contributed by atoms with Crippen molar-refractivity contribution in [2.75, 3.05) is 13.7 Å². The number of amides is 2. The number of thiophene rings is 1. The zero-order chi connectivity index (χ0) is 26.1. The molecule has 0 radical (unpaired) electrons. The molecule has 1 aromatic heterocycles. The third kappa shape index (κ3) is 6.34. The van der Waals surface area contributed by atoms with Gasteiger partial charge in [0.05, 0.1) is 29.5 Å². The van der Waals surface area contributed by atoms with Crippen LogP contribution in [0.5, 0.6) is 5.75 Å². The zero-order valence-electron chi connectivity index (χ0n) is 19.2. The lowest BCUT2D eigenvalue weighted by atomic mass is 9.98. The van der Waals surface area contributed by atoms with Gasteiger partial charge in [-0.25, -0.2) is 13.6 Å². The summed E-state index contributed by atoms with van der Waals surface area (Å²) in [6, 6.07) is 4.84. The van der Waals surface area contributed by atoms with E-state index in [-0.39, 0.29) is 51.1 Å². The molecule has 0 bridgehead atoms. The van der Waals surface area contributed by atoms with Crippen molar-refractivity contribution >= 4 is 62.2 Å². The van der Waals surface area contributed by atoms with Crippen molar-refractivity contribution in [3.63, 3.8) is 0 Å². The molecule has 2 atom stereocenters. The lowest BCUT2D eigenvalue weighted by Gasteiger charge is -2.24. The van der Waals surface area contributed by atoms with Gasteiger partial charge in [-0.15, -0.1) is 11.3 Å². The van der Waals surface area contributed by atoms with Crippen LogP contribution in [0.25, 0.3) is 0 Å². The van der Waals surface area contributed by atoms with Crippen LogP contribution in [0, 0.1) is 5.92 Å². The van der Waals surface area contributed by atoms with Crippen LogP contribution in [-0.4, -0.2) is 56.7 Å². The molecule has 2 heterocycles. The summed E-state index contributed by atoms with van der Waals surface area (Å²) in [7, 11) is -2.70. The van der Waals surface area contributed by atoms with Crippen LogP contribution in [0.2, 0.25) is 9.36 Å². The van der Waals surface area contributed by atoms with E-state index in [0.29, 0.717) is 27.7 Å². The largest absolute Gasteiger partial charge is 0.497 e. The first-order chi connectivity index (χ1) is 16.3. The van der Waals surface area contributed by atoms with Gasteiger partial charge >= 0.3 is 0 Å². The third-order valence-corrected chi connectivity index (χ3v) is 8.69. The molecular weight excluding hydrogens is 537 g/mol. The Labute approximate surface area is 217 Å². The number of benzene rings is 1. The molecule has 0 unspecified atom stereocenters. The molecule has 3 N–H and O–H groups in total. The van der Waals surface area contributed by atoms with Crippen LogP contribution in [0.4, 0.5) is 0 Å². The highest BCUT2D eigenvalue weighted by Gasteiger charge is 2.42. The minimum Gasteiger partial charge on any atom is -0.497 e. The molecule has 1 aromatic carbocycles. The lowest BCUT2D eigenvalue weighted by Crippen LogP contribution is -2.43. The van der Waals surface area contributed by atoms with E-state index in [9.17, 15) is 22.8 Å². The smallest absolute Gasteiger partial charge is 0.256 e. The number of halogens is 2. The van der Waals surface area contributed by atoms with Gasteiger partial charge in [0.2, 0.25) is 15.9 Å². The van der Waals surface area contributed by atoms with Gasteiger partial charge in [-0.1, -0.05) is 43.1 Å². The molecule has 1 aliphatic rings. The second kappa shape index (κ2) is 10.8. The number of likely N-dealkylation sites (tertiary alicyclic amines) is 1. The van der Waals surface area contributed by atoms with Gasteiger partial charge in [-0.3, -0.25) is 14.4 Å². The average Bonchev–Trinajstić information content (AvgIpc) is 3.37. The summed E-state index contributed by atoms with van der Waals surface area (Å²) in [5.74, 6) is -1.05. The molecule has 0 spiro atoms. The van der Waals surface area contributed by atoms with Gasteiger partial charge in [0.1, 0.15) is 9.96 Å². The quantitative estimate of drug-likeness (QED) is 0.508. The highest BCUT2D eigenvalue weighted by molar-refractivity contribution is 7.91. The fourth-order valence-electron chi connectivity index (χ4n) is 3.93. The predicted molar refractivity (Wildman–Crippen MR) is 134 cm³/mol. The summed E-state index contributed by atoms with van der Waals surface area (Å²) < 4.78 is 28.8. The van der Waals surface area contributed by atoms with E-state index < -0.39 is 28.0 Å². The second-order valence-electron chi connectivity index (χ2n) is 8.46. The summed E-state index contributed by atoms with van der Waals surface area (Å²) in [6.07, 6.45) is 0.180. The Kier molecular flexibility index (Phi) is 8.48. The number of ether oxygens (including phenoxy) is 1. The van der Waals surface area contributed by atoms with Crippen molar-refractivity contribution in [3.8, 4) is 5.75 Å². The number of carbonyl (C=O) groups excluding carboxylic acids is 3. The molecule has 35 heavy (non-hydrogen) atoms. The summed E-state index contributed by atoms with van der Waals surface area (Å²) in [5.41, 5.74) is 0.400. The Balaban J connectivity index is 1.81. The molecule has 13 heteroatoms. The van der Waals surface area contributed by atoms with Gasteiger partial charge in [0.15, 0.2) is 5.78 Å². The highest BCUT2D eigenvalue weighted by Crippen LogP contribution is 2.33. The van der Waals surface area contributed by atoms with Gasteiger partial charge < -0.3 is 15.0 Å². The molecule has 1 aliphatic heterocycles. The van der Waals surface area contributed by atoms with E-state index in [1.807, 2.05) is 0 Å². The number of ketones is 1. The molecule has 0 aliphatic carbocycles. The van der Waals surface area contributed by atoms with Crippen molar-refractivity contribution in [3.05, 3.63) is 44.8 Å². The minimum absolute atomic E-state index is 0.00816. The number of carbonyl (C=O) groups is 3. The second-order valence-corrected chi connectivity index (χ2v) is 12.3. The maximum absolute atomic E-state index is 13.4. The first-order valence-corrected chi connectivity index (χ1v) is 13.7. The number of primary sulfonamides is 1. The molecule has 2 amide bonds. The zero-order valence-corrected chi connectivity index (χ0v) is 22.4. The van der Waals surface area contributed by atoms with Gasteiger partial charge in [-0.05, 0) is 30.2 Å². The number of methoxy groups -OCH3 is 1. The number of rotatable bonds is 8. The molecule has 9 nitrogen and oxygen atoms in total. The van der Waals surface area contributed by atoms with E-state index in [0.717, 1.165) is 0 Å². The lowest BCUT2D eigenvalue weighted by molar-refractivity contribution is -0.126. The minimum atomic E-state index is -4.21. The Morgan fingerprint density at radius 1 is 1.26 bits per heavy atom. The molecular formula is C22H25Cl2N3O6S2. The summed E-state index contributed by atoms with van der Waals surface area (Å²) in [6.45, 7) is 3.43. The molecule has 1 fully saturated rings. The highest BCUT2D eigenvalue weighted by atomic mass is 35.5. The fourth-order valence-corrected chi connectivity index (χ4v) is 6.44. The van der Waals surface area contributed by atoms with E-state index in [4.69, 9.17) is 33.1 Å². The van der Waals surface area contributed by atoms with Crippen LogP contribution in [-0.2, 0) is 26.0 Å². The van der Waals surface area contributed by atoms with E-state index in [2.05, 4.69) is 5.32 Å². The van der Waals surface area contributed by atoms with Crippen LogP contribution in [0.3, 0.4) is 0 Å². The van der Waals surface area contributed by atoms with E-state index in [1.165, 1.54) is 18.1 Å². The molecule has 0 saturated carbocycles. The predicted octanol–water partition coefficient (Wildman–Crippen LogP) is 2.88. The molecule has 190 valence electrons. The van der Waals surface area contributed by atoms with Crippen LogP contribution < -0.4 is 15.2 Å². The third-order valence-electron chi connectivity index (χ3n) is 5.59.